The molecule has 8 heteroatoms. The van der Waals surface area contributed by atoms with Crippen molar-refractivity contribution in [2.24, 2.45) is 5.92 Å². The van der Waals surface area contributed by atoms with E-state index < -0.39 is 11.9 Å². The van der Waals surface area contributed by atoms with Crippen molar-refractivity contribution in [3.63, 3.8) is 0 Å². The predicted octanol–water partition coefficient (Wildman–Crippen LogP) is 4.95. The highest BCUT2D eigenvalue weighted by Crippen LogP contribution is 2.46. The van der Waals surface area contributed by atoms with E-state index in [1.165, 1.54) is 18.0 Å². The summed E-state index contributed by atoms with van der Waals surface area (Å²) >= 11 is 1.52. The summed E-state index contributed by atoms with van der Waals surface area (Å²) in [7, 11) is 0. The third-order valence-electron chi connectivity index (χ3n) is 5.94. The number of benzene rings is 2. The van der Waals surface area contributed by atoms with Gasteiger partial charge in [-0.3, -0.25) is 14.4 Å². The Morgan fingerprint density at radius 1 is 1.06 bits per heavy atom. The standard InChI is InChI=1S/C26H25N3O4S/c1-15(2)23(28-24(30)20-7-5-13-33-20)25(31)27-16-9-12-19-22(14-16)34-21-8-4-3-6-18(21)26(32)29(19)17-10-11-17/h3-9,12-15,17,23H,10-11H2,1-2H3,(H,27,31)(H,28,30)/t23-/m0/s1. The zero-order valence-corrected chi connectivity index (χ0v) is 19.7. The molecule has 2 heterocycles. The number of fused-ring (bicyclic) bond motifs is 2. The van der Waals surface area contributed by atoms with Crippen molar-refractivity contribution in [2.75, 3.05) is 10.2 Å². The molecule has 1 fully saturated rings. The maximum atomic E-state index is 13.3. The Bertz CT molecular complexity index is 1250. The Labute approximate surface area is 201 Å². The zero-order chi connectivity index (χ0) is 23.8. The van der Waals surface area contributed by atoms with Gasteiger partial charge in [-0.1, -0.05) is 37.7 Å². The van der Waals surface area contributed by atoms with Crippen molar-refractivity contribution < 1.29 is 18.8 Å². The number of rotatable bonds is 6. The molecule has 2 N–H and O–H groups in total. The second-order valence-electron chi connectivity index (χ2n) is 8.85. The number of amides is 3. The van der Waals surface area contributed by atoms with Crippen LogP contribution in [0.1, 0.15) is 47.6 Å². The molecular formula is C26H25N3O4S. The second-order valence-corrected chi connectivity index (χ2v) is 9.93. The molecule has 34 heavy (non-hydrogen) atoms. The number of nitrogens with zero attached hydrogens (tertiary/aromatic N) is 1. The van der Waals surface area contributed by atoms with Gasteiger partial charge in [-0.15, -0.1) is 0 Å². The minimum absolute atomic E-state index is 0.0154. The maximum absolute atomic E-state index is 13.3. The van der Waals surface area contributed by atoms with Gasteiger partial charge in [-0.05, 0) is 61.2 Å². The van der Waals surface area contributed by atoms with E-state index in [-0.39, 0.29) is 29.5 Å². The van der Waals surface area contributed by atoms with Gasteiger partial charge >= 0.3 is 0 Å². The molecule has 0 bridgehead atoms. The third-order valence-corrected chi connectivity index (χ3v) is 7.06. The lowest BCUT2D eigenvalue weighted by Crippen LogP contribution is -2.47. The fraction of sp³-hybridized carbons (Fsp3) is 0.269. The summed E-state index contributed by atoms with van der Waals surface area (Å²) in [5.41, 5.74) is 2.16. The first-order valence-corrected chi connectivity index (χ1v) is 12.1. The summed E-state index contributed by atoms with van der Waals surface area (Å²) in [5, 5.41) is 5.70. The SMILES string of the molecule is CC(C)[C@H](NC(=O)c1ccco1)C(=O)Nc1ccc2c(c1)Sc1ccccc1C(=O)N2C1CC1. The Morgan fingerprint density at radius 3 is 2.56 bits per heavy atom. The van der Waals surface area contributed by atoms with Crippen LogP contribution < -0.4 is 15.5 Å². The van der Waals surface area contributed by atoms with Crippen LogP contribution in [0.2, 0.25) is 0 Å². The smallest absolute Gasteiger partial charge is 0.287 e. The van der Waals surface area contributed by atoms with Crippen LogP contribution in [0.15, 0.2) is 75.1 Å². The molecule has 1 atom stereocenters. The number of anilines is 2. The molecule has 7 nitrogen and oxygen atoms in total. The van der Waals surface area contributed by atoms with E-state index in [1.807, 2.05) is 61.2 Å². The maximum Gasteiger partial charge on any atom is 0.287 e. The van der Waals surface area contributed by atoms with Gasteiger partial charge in [0.1, 0.15) is 6.04 Å². The highest BCUT2D eigenvalue weighted by atomic mass is 32.2. The number of nitrogens with one attached hydrogen (secondary N) is 2. The summed E-state index contributed by atoms with van der Waals surface area (Å²) in [6.07, 6.45) is 3.39. The van der Waals surface area contributed by atoms with Gasteiger partial charge in [-0.25, -0.2) is 0 Å². The Balaban J connectivity index is 1.40. The normalized spacial score (nSPS) is 15.9. The van der Waals surface area contributed by atoms with Crippen LogP contribution in [0.5, 0.6) is 0 Å². The van der Waals surface area contributed by atoms with E-state index in [4.69, 9.17) is 4.42 Å². The first kappa shape index (κ1) is 22.3. The van der Waals surface area contributed by atoms with Gasteiger partial charge in [0.2, 0.25) is 5.91 Å². The lowest BCUT2D eigenvalue weighted by atomic mass is 10.0. The lowest BCUT2D eigenvalue weighted by Gasteiger charge is -2.24. The number of hydrogen-bond acceptors (Lipinski definition) is 5. The van der Waals surface area contributed by atoms with Gasteiger partial charge < -0.3 is 20.0 Å². The van der Waals surface area contributed by atoms with Gasteiger partial charge in [0.15, 0.2) is 5.76 Å². The second kappa shape index (κ2) is 9.02. The largest absolute Gasteiger partial charge is 0.459 e. The number of furan rings is 1. The summed E-state index contributed by atoms with van der Waals surface area (Å²) in [6.45, 7) is 3.74. The quantitative estimate of drug-likeness (QED) is 0.527. The van der Waals surface area contributed by atoms with Crippen LogP contribution >= 0.6 is 11.8 Å². The van der Waals surface area contributed by atoms with Crippen LogP contribution in [0.25, 0.3) is 0 Å². The molecular weight excluding hydrogens is 450 g/mol. The predicted molar refractivity (Wildman–Crippen MR) is 130 cm³/mol. The van der Waals surface area contributed by atoms with Crippen molar-refractivity contribution in [1.29, 1.82) is 0 Å². The Hall–Kier alpha value is -3.52. The lowest BCUT2D eigenvalue weighted by molar-refractivity contribution is -0.118. The molecule has 2 aromatic carbocycles. The minimum atomic E-state index is -0.741. The molecule has 3 aromatic rings. The van der Waals surface area contributed by atoms with Crippen LogP contribution in [0.4, 0.5) is 11.4 Å². The van der Waals surface area contributed by atoms with E-state index in [0.717, 1.165) is 28.3 Å². The molecule has 1 saturated carbocycles. The Morgan fingerprint density at radius 2 is 1.85 bits per heavy atom. The van der Waals surface area contributed by atoms with Gasteiger partial charge in [0.05, 0.1) is 17.5 Å². The van der Waals surface area contributed by atoms with Gasteiger partial charge in [0.25, 0.3) is 11.8 Å². The van der Waals surface area contributed by atoms with Crippen molar-refractivity contribution in [2.45, 2.75) is 48.6 Å². The van der Waals surface area contributed by atoms with Crippen molar-refractivity contribution in [3.05, 3.63) is 72.2 Å². The van der Waals surface area contributed by atoms with Crippen molar-refractivity contribution in [1.82, 2.24) is 5.32 Å². The summed E-state index contributed by atoms with van der Waals surface area (Å²) in [5.74, 6) is -0.718. The highest BCUT2D eigenvalue weighted by Gasteiger charge is 2.38. The molecule has 3 amide bonds. The van der Waals surface area contributed by atoms with Crippen LogP contribution in [0.3, 0.4) is 0 Å². The molecule has 0 radical (unpaired) electrons. The monoisotopic (exact) mass is 475 g/mol. The summed E-state index contributed by atoms with van der Waals surface area (Å²) < 4.78 is 5.14. The molecule has 0 spiro atoms. The molecule has 1 aromatic heterocycles. The molecule has 0 unspecified atom stereocenters. The highest BCUT2D eigenvalue weighted by molar-refractivity contribution is 7.99. The summed E-state index contributed by atoms with van der Waals surface area (Å²) in [6, 6.07) is 15.9. The first-order valence-electron chi connectivity index (χ1n) is 11.3. The van der Waals surface area contributed by atoms with E-state index in [2.05, 4.69) is 10.6 Å². The summed E-state index contributed by atoms with van der Waals surface area (Å²) in [4.78, 5) is 42.5. The van der Waals surface area contributed by atoms with E-state index >= 15 is 0 Å². The fourth-order valence-electron chi connectivity index (χ4n) is 4.03. The number of hydrogen-bond donors (Lipinski definition) is 2. The first-order chi connectivity index (χ1) is 16.4. The molecule has 1 aliphatic carbocycles. The fourth-order valence-corrected chi connectivity index (χ4v) is 5.14. The van der Waals surface area contributed by atoms with Gasteiger partial charge in [0, 0.05) is 21.5 Å². The van der Waals surface area contributed by atoms with Crippen LogP contribution in [-0.4, -0.2) is 29.8 Å². The van der Waals surface area contributed by atoms with Crippen LogP contribution in [0, 0.1) is 5.92 Å². The zero-order valence-electron chi connectivity index (χ0n) is 18.9. The van der Waals surface area contributed by atoms with Crippen LogP contribution in [-0.2, 0) is 4.79 Å². The Kier molecular flexibility index (Phi) is 5.91. The van der Waals surface area contributed by atoms with Crippen molar-refractivity contribution in [3.8, 4) is 0 Å². The van der Waals surface area contributed by atoms with Crippen molar-refractivity contribution >= 4 is 40.9 Å². The number of carbonyl (C=O) groups is 3. The van der Waals surface area contributed by atoms with Gasteiger partial charge in [-0.2, -0.15) is 0 Å². The molecule has 0 saturated heterocycles. The average molecular weight is 476 g/mol. The molecule has 1 aliphatic heterocycles. The van der Waals surface area contributed by atoms with E-state index in [0.29, 0.717) is 11.3 Å². The molecule has 174 valence electrons. The molecule has 5 rings (SSSR count). The average Bonchev–Trinajstić information content (AvgIpc) is 3.51. The number of carbonyl (C=O) groups excluding carboxylic acids is 3. The molecule has 2 aliphatic rings. The topological polar surface area (TPSA) is 91.6 Å². The third kappa shape index (κ3) is 4.33. The minimum Gasteiger partial charge on any atom is -0.459 e. The van der Waals surface area contributed by atoms with E-state index in [1.54, 1.807) is 12.1 Å². The van der Waals surface area contributed by atoms with E-state index in [9.17, 15) is 14.4 Å².